The van der Waals surface area contributed by atoms with Crippen molar-refractivity contribution < 1.29 is 0 Å². The van der Waals surface area contributed by atoms with E-state index in [2.05, 4.69) is 41.0 Å². The first-order valence-corrected chi connectivity index (χ1v) is 8.16. The second-order valence-electron chi connectivity index (χ2n) is 5.46. The molecule has 0 amide bonds. The van der Waals surface area contributed by atoms with E-state index in [1.807, 2.05) is 32.0 Å². The fourth-order valence-corrected chi connectivity index (χ4v) is 3.89. The minimum atomic E-state index is -0.270. The quantitative estimate of drug-likeness (QED) is 0.873. The van der Waals surface area contributed by atoms with Gasteiger partial charge in [-0.1, -0.05) is 30.3 Å². The molecule has 2 heterocycles. The molecule has 1 aliphatic heterocycles. The van der Waals surface area contributed by atoms with E-state index in [9.17, 15) is 10.5 Å². The topological polar surface area (TPSA) is 59.6 Å². The number of thiophene rings is 1. The van der Waals surface area contributed by atoms with E-state index in [-0.39, 0.29) is 5.92 Å². The number of benzene rings is 1. The third kappa shape index (κ3) is 2.65. The van der Waals surface area contributed by atoms with Gasteiger partial charge in [0, 0.05) is 16.3 Å². The van der Waals surface area contributed by atoms with Crippen molar-refractivity contribution in [2.24, 2.45) is 0 Å². The number of nitrogens with zero attached hydrogens (tertiary/aromatic N) is 2. The maximum Gasteiger partial charge on any atom is 0.0976 e. The van der Waals surface area contributed by atoms with Crippen molar-refractivity contribution in [2.45, 2.75) is 19.8 Å². The third-order valence-corrected chi connectivity index (χ3v) is 5.01. The van der Waals surface area contributed by atoms with E-state index in [1.165, 1.54) is 0 Å². The summed E-state index contributed by atoms with van der Waals surface area (Å²) in [6.45, 7) is 3.77. The van der Waals surface area contributed by atoms with Gasteiger partial charge in [0.1, 0.15) is 0 Å². The lowest BCUT2D eigenvalue weighted by atomic mass is 9.85. The van der Waals surface area contributed by atoms with Crippen LogP contribution in [0.2, 0.25) is 0 Å². The highest BCUT2D eigenvalue weighted by molar-refractivity contribution is 7.10. The van der Waals surface area contributed by atoms with Crippen molar-refractivity contribution in [1.82, 2.24) is 5.32 Å². The summed E-state index contributed by atoms with van der Waals surface area (Å²) in [7, 11) is 0. The molecule has 1 aromatic heterocycles. The monoisotopic (exact) mass is 317 g/mol. The van der Waals surface area contributed by atoms with Crippen LogP contribution in [-0.2, 0) is 0 Å². The Kier molecular flexibility index (Phi) is 4.02. The van der Waals surface area contributed by atoms with Crippen LogP contribution in [0.25, 0.3) is 11.1 Å². The van der Waals surface area contributed by atoms with E-state index >= 15 is 0 Å². The van der Waals surface area contributed by atoms with Gasteiger partial charge < -0.3 is 5.32 Å². The van der Waals surface area contributed by atoms with Gasteiger partial charge in [-0.05, 0) is 36.4 Å². The number of allylic oxidation sites excluding steroid dienone is 4. The number of hydrogen-bond acceptors (Lipinski definition) is 4. The number of rotatable bonds is 2. The molecule has 0 radical (unpaired) electrons. The average molecular weight is 317 g/mol. The molecular formula is C19H15N3S. The molecule has 3 rings (SSSR count). The summed E-state index contributed by atoms with van der Waals surface area (Å²) >= 11 is 1.59. The van der Waals surface area contributed by atoms with E-state index in [0.29, 0.717) is 11.1 Å². The minimum absolute atomic E-state index is 0.270. The van der Waals surface area contributed by atoms with Gasteiger partial charge in [-0.15, -0.1) is 11.3 Å². The van der Waals surface area contributed by atoms with Crippen LogP contribution >= 0.6 is 11.3 Å². The van der Waals surface area contributed by atoms with Gasteiger partial charge in [0.05, 0.1) is 29.2 Å². The second-order valence-corrected chi connectivity index (χ2v) is 6.41. The number of nitriles is 2. The fourth-order valence-electron chi connectivity index (χ4n) is 2.86. The van der Waals surface area contributed by atoms with Gasteiger partial charge in [-0.3, -0.25) is 0 Å². The molecule has 1 N–H and O–H groups in total. The van der Waals surface area contributed by atoms with E-state index in [0.717, 1.165) is 27.4 Å². The lowest BCUT2D eigenvalue weighted by Crippen LogP contribution is -2.22. The molecule has 4 heteroatoms. The number of nitrogens with one attached hydrogen (secondary N) is 1. The molecular weight excluding hydrogens is 302 g/mol. The van der Waals surface area contributed by atoms with Crippen LogP contribution in [0.4, 0.5) is 0 Å². The molecule has 0 unspecified atom stereocenters. The fraction of sp³-hybridized carbons (Fsp3) is 0.158. The molecule has 0 atom stereocenters. The Labute approximate surface area is 139 Å². The summed E-state index contributed by atoms with van der Waals surface area (Å²) < 4.78 is 0. The maximum atomic E-state index is 9.54. The zero-order valence-electron chi connectivity index (χ0n) is 12.9. The van der Waals surface area contributed by atoms with Crippen molar-refractivity contribution in [2.75, 3.05) is 0 Å². The number of dihydropyridines is 1. The summed E-state index contributed by atoms with van der Waals surface area (Å²) in [6.07, 6.45) is 0. The minimum Gasteiger partial charge on any atom is -0.361 e. The highest BCUT2D eigenvalue weighted by Crippen LogP contribution is 2.41. The predicted molar refractivity (Wildman–Crippen MR) is 92.3 cm³/mol. The second kappa shape index (κ2) is 6.12. The molecule has 112 valence electrons. The van der Waals surface area contributed by atoms with Crippen molar-refractivity contribution >= 4 is 11.3 Å². The van der Waals surface area contributed by atoms with Gasteiger partial charge >= 0.3 is 0 Å². The Bertz CT molecular complexity index is 853. The SMILES string of the molecule is CC1=C(C#N)C(c2cc(-c3ccccc3)cs2)C(C#N)=C(C)N1. The molecule has 0 saturated heterocycles. The molecule has 0 aliphatic carbocycles. The zero-order valence-corrected chi connectivity index (χ0v) is 13.7. The Morgan fingerprint density at radius 2 is 1.57 bits per heavy atom. The molecule has 0 saturated carbocycles. The van der Waals surface area contributed by atoms with Crippen LogP contribution in [0.3, 0.4) is 0 Å². The van der Waals surface area contributed by atoms with Crippen LogP contribution in [0.15, 0.2) is 64.3 Å². The largest absolute Gasteiger partial charge is 0.361 e. The summed E-state index contributed by atoms with van der Waals surface area (Å²) in [4.78, 5) is 1.03. The molecule has 1 aromatic carbocycles. The summed E-state index contributed by atoms with van der Waals surface area (Å²) in [5, 5.41) is 24.3. The predicted octanol–water partition coefficient (Wildman–Crippen LogP) is 4.70. The van der Waals surface area contributed by atoms with Gasteiger partial charge in [-0.2, -0.15) is 10.5 Å². The highest BCUT2D eigenvalue weighted by Gasteiger charge is 2.30. The smallest absolute Gasteiger partial charge is 0.0976 e. The lowest BCUT2D eigenvalue weighted by Gasteiger charge is -2.25. The Hall–Kier alpha value is -2.82. The van der Waals surface area contributed by atoms with Gasteiger partial charge in [0.25, 0.3) is 0 Å². The average Bonchev–Trinajstić information content (AvgIpc) is 3.04. The molecule has 0 fully saturated rings. The van der Waals surface area contributed by atoms with E-state index in [4.69, 9.17) is 0 Å². The van der Waals surface area contributed by atoms with E-state index in [1.54, 1.807) is 11.3 Å². The summed E-state index contributed by atoms with van der Waals surface area (Å²) in [6, 6.07) is 16.8. The first-order chi connectivity index (χ1) is 11.2. The Morgan fingerprint density at radius 1 is 0.957 bits per heavy atom. The van der Waals surface area contributed by atoms with E-state index < -0.39 is 0 Å². The van der Waals surface area contributed by atoms with Crippen molar-refractivity contribution in [3.8, 4) is 23.3 Å². The normalized spacial score (nSPS) is 15.1. The Balaban J connectivity index is 2.09. The number of hydrogen-bond donors (Lipinski definition) is 1. The molecule has 2 aromatic rings. The summed E-state index contributed by atoms with van der Waals surface area (Å²) in [5.74, 6) is -0.270. The van der Waals surface area contributed by atoms with Crippen LogP contribution in [0, 0.1) is 22.7 Å². The van der Waals surface area contributed by atoms with Crippen molar-refractivity contribution in [3.05, 3.63) is 69.2 Å². The van der Waals surface area contributed by atoms with Gasteiger partial charge in [0.2, 0.25) is 0 Å². The molecule has 3 nitrogen and oxygen atoms in total. The van der Waals surface area contributed by atoms with Crippen LogP contribution in [0.5, 0.6) is 0 Å². The van der Waals surface area contributed by atoms with Crippen molar-refractivity contribution in [1.29, 1.82) is 10.5 Å². The molecule has 0 bridgehead atoms. The first-order valence-electron chi connectivity index (χ1n) is 7.28. The van der Waals surface area contributed by atoms with Gasteiger partial charge in [0.15, 0.2) is 0 Å². The molecule has 0 spiro atoms. The Morgan fingerprint density at radius 3 is 2.13 bits per heavy atom. The van der Waals surface area contributed by atoms with Gasteiger partial charge in [-0.25, -0.2) is 0 Å². The lowest BCUT2D eigenvalue weighted by molar-refractivity contribution is 0.822. The summed E-state index contributed by atoms with van der Waals surface area (Å²) in [5.41, 5.74) is 5.14. The maximum absolute atomic E-state index is 9.54. The standard InChI is InChI=1S/C19H15N3S/c1-12-16(9-20)19(17(10-21)13(2)22-12)18-8-15(11-23-18)14-6-4-3-5-7-14/h3-8,11,19,22H,1-2H3. The van der Waals surface area contributed by atoms with Crippen LogP contribution in [0.1, 0.15) is 24.6 Å². The van der Waals surface area contributed by atoms with Crippen LogP contribution in [-0.4, -0.2) is 0 Å². The third-order valence-electron chi connectivity index (χ3n) is 4.01. The zero-order chi connectivity index (χ0) is 16.4. The molecule has 23 heavy (non-hydrogen) atoms. The highest BCUT2D eigenvalue weighted by atomic mass is 32.1. The first kappa shape index (κ1) is 15.1. The van der Waals surface area contributed by atoms with Crippen molar-refractivity contribution in [3.63, 3.8) is 0 Å². The molecule has 1 aliphatic rings. The van der Waals surface area contributed by atoms with Crippen LogP contribution < -0.4 is 5.32 Å².